The second-order valence-electron chi connectivity index (χ2n) is 9.95. The summed E-state index contributed by atoms with van der Waals surface area (Å²) in [6, 6.07) is 27.1. The molecule has 4 aromatic carbocycles. The molecule has 0 radical (unpaired) electrons. The standard InChI is InChI=1S/C32H35N3O3S/c1-2-3-22-35-29-16-8-7-15-27(29)28-23-25(18-19-30(28)35)32(36)33-20-9-4-10-21-34-39(37,38)31-17-11-13-24-12-5-6-14-26(24)31/h5-8,11-19,23,34H,2-4,9-10,20-22H2,1H3,(H,33,36). The van der Waals surface area contributed by atoms with E-state index in [2.05, 4.69) is 45.8 Å². The van der Waals surface area contributed by atoms with Gasteiger partial charge in [-0.25, -0.2) is 13.1 Å². The van der Waals surface area contributed by atoms with E-state index in [1.807, 2.05) is 48.5 Å². The summed E-state index contributed by atoms with van der Waals surface area (Å²) < 4.78 is 30.8. The van der Waals surface area contributed by atoms with Gasteiger partial charge in [0.05, 0.1) is 4.90 Å². The molecule has 0 spiro atoms. The smallest absolute Gasteiger partial charge is 0.251 e. The molecule has 0 bridgehead atoms. The SMILES string of the molecule is CCCCn1c2ccccc2c2cc(C(=O)NCCCCCNS(=O)(=O)c3cccc4ccccc34)ccc21. The number of benzene rings is 4. The fourth-order valence-electron chi connectivity index (χ4n) is 5.20. The monoisotopic (exact) mass is 541 g/mol. The largest absolute Gasteiger partial charge is 0.352 e. The van der Waals surface area contributed by atoms with Gasteiger partial charge in [0.15, 0.2) is 0 Å². The number of aromatic nitrogens is 1. The Labute approximate surface area is 230 Å². The van der Waals surface area contributed by atoms with E-state index in [0.29, 0.717) is 30.0 Å². The zero-order chi connectivity index (χ0) is 27.2. The van der Waals surface area contributed by atoms with Crippen LogP contribution in [0.1, 0.15) is 49.4 Å². The van der Waals surface area contributed by atoms with Gasteiger partial charge in [0, 0.05) is 52.4 Å². The Kier molecular flexibility index (Phi) is 8.29. The summed E-state index contributed by atoms with van der Waals surface area (Å²) in [5.41, 5.74) is 3.02. The number of sulfonamides is 1. The number of rotatable bonds is 12. The van der Waals surface area contributed by atoms with Crippen LogP contribution < -0.4 is 10.0 Å². The predicted octanol–water partition coefficient (Wildman–Crippen LogP) is 6.63. The molecule has 0 unspecified atom stereocenters. The fraction of sp³-hybridized carbons (Fsp3) is 0.281. The molecular formula is C32H35N3O3S. The van der Waals surface area contributed by atoms with Gasteiger partial charge in [-0.2, -0.15) is 0 Å². The second kappa shape index (κ2) is 12.0. The Morgan fingerprint density at radius 1 is 0.744 bits per heavy atom. The summed E-state index contributed by atoms with van der Waals surface area (Å²) >= 11 is 0. The first-order valence-corrected chi connectivity index (χ1v) is 15.2. The number of amides is 1. The van der Waals surface area contributed by atoms with Gasteiger partial charge >= 0.3 is 0 Å². The average molecular weight is 542 g/mol. The molecule has 6 nitrogen and oxygen atoms in total. The molecule has 1 aromatic heterocycles. The number of nitrogens with one attached hydrogen (secondary N) is 2. The first-order valence-electron chi connectivity index (χ1n) is 13.8. The van der Waals surface area contributed by atoms with Gasteiger partial charge in [0.1, 0.15) is 0 Å². The van der Waals surface area contributed by atoms with Crippen molar-refractivity contribution < 1.29 is 13.2 Å². The Morgan fingerprint density at radius 3 is 2.31 bits per heavy atom. The van der Waals surface area contributed by atoms with Crippen molar-refractivity contribution >= 4 is 48.5 Å². The summed E-state index contributed by atoms with van der Waals surface area (Å²) in [5.74, 6) is -0.0843. The summed E-state index contributed by atoms with van der Waals surface area (Å²) in [4.78, 5) is 13.2. The normalized spacial score (nSPS) is 11.9. The van der Waals surface area contributed by atoms with Gasteiger partial charge in [0.2, 0.25) is 10.0 Å². The Hall–Kier alpha value is -3.68. The molecule has 39 heavy (non-hydrogen) atoms. The van der Waals surface area contributed by atoms with Crippen LogP contribution in [-0.4, -0.2) is 32.0 Å². The van der Waals surface area contributed by atoms with E-state index in [1.54, 1.807) is 12.1 Å². The number of carbonyl (C=O) groups excluding carboxylic acids is 1. The molecule has 1 amide bonds. The number of unbranched alkanes of at least 4 members (excludes halogenated alkanes) is 3. The van der Waals surface area contributed by atoms with E-state index in [0.717, 1.165) is 53.9 Å². The van der Waals surface area contributed by atoms with E-state index in [1.165, 1.54) is 10.9 Å². The van der Waals surface area contributed by atoms with E-state index in [-0.39, 0.29) is 5.91 Å². The first-order chi connectivity index (χ1) is 19.0. The number of hydrogen-bond acceptors (Lipinski definition) is 3. The van der Waals surface area contributed by atoms with E-state index < -0.39 is 10.0 Å². The van der Waals surface area contributed by atoms with Crippen molar-refractivity contribution in [3.8, 4) is 0 Å². The minimum atomic E-state index is -3.59. The lowest BCUT2D eigenvalue weighted by molar-refractivity contribution is 0.0953. The third kappa shape index (κ3) is 5.84. The third-order valence-corrected chi connectivity index (χ3v) is 8.76. The van der Waals surface area contributed by atoms with Crippen molar-refractivity contribution in [2.75, 3.05) is 13.1 Å². The van der Waals surface area contributed by atoms with Gasteiger partial charge in [-0.1, -0.05) is 74.4 Å². The highest BCUT2D eigenvalue weighted by Gasteiger charge is 2.16. The predicted molar refractivity (Wildman–Crippen MR) is 160 cm³/mol. The third-order valence-electron chi connectivity index (χ3n) is 7.24. The van der Waals surface area contributed by atoms with Crippen LogP contribution in [0.25, 0.3) is 32.6 Å². The Bertz CT molecular complexity index is 1720. The molecule has 7 heteroatoms. The minimum absolute atomic E-state index is 0.0843. The van der Waals surface area contributed by atoms with Crippen molar-refractivity contribution in [1.82, 2.24) is 14.6 Å². The van der Waals surface area contributed by atoms with Gasteiger partial charge in [-0.05, 0) is 55.0 Å². The maximum Gasteiger partial charge on any atom is 0.251 e. The van der Waals surface area contributed by atoms with E-state index in [9.17, 15) is 13.2 Å². The topological polar surface area (TPSA) is 80.2 Å². The molecule has 2 N–H and O–H groups in total. The molecule has 0 fully saturated rings. The van der Waals surface area contributed by atoms with Gasteiger partial charge in [-0.15, -0.1) is 0 Å². The molecular weight excluding hydrogens is 506 g/mol. The summed E-state index contributed by atoms with van der Waals surface area (Å²) in [6.07, 6.45) is 4.52. The highest BCUT2D eigenvalue weighted by Crippen LogP contribution is 2.30. The van der Waals surface area contributed by atoms with Crippen LogP contribution in [0.5, 0.6) is 0 Å². The quantitative estimate of drug-likeness (QED) is 0.174. The van der Waals surface area contributed by atoms with E-state index in [4.69, 9.17) is 0 Å². The van der Waals surface area contributed by atoms with Gasteiger partial charge in [-0.3, -0.25) is 4.79 Å². The fourth-order valence-corrected chi connectivity index (χ4v) is 6.50. The number of carbonyl (C=O) groups is 1. The average Bonchev–Trinajstić information content (AvgIpc) is 3.27. The highest BCUT2D eigenvalue weighted by molar-refractivity contribution is 7.89. The molecule has 0 atom stereocenters. The molecule has 5 aromatic rings. The zero-order valence-corrected chi connectivity index (χ0v) is 23.1. The summed E-state index contributed by atoms with van der Waals surface area (Å²) in [7, 11) is -3.59. The van der Waals surface area contributed by atoms with Crippen LogP contribution in [0, 0.1) is 0 Å². The molecule has 0 saturated heterocycles. The van der Waals surface area contributed by atoms with Crippen LogP contribution in [0.3, 0.4) is 0 Å². The lowest BCUT2D eigenvalue weighted by Crippen LogP contribution is -2.26. The van der Waals surface area contributed by atoms with Crippen LogP contribution in [0.15, 0.2) is 89.8 Å². The molecule has 202 valence electrons. The Balaban J connectivity index is 1.13. The molecule has 0 saturated carbocycles. The van der Waals surface area contributed by atoms with Gasteiger partial charge < -0.3 is 9.88 Å². The second-order valence-corrected chi connectivity index (χ2v) is 11.7. The zero-order valence-electron chi connectivity index (χ0n) is 22.3. The molecule has 0 aliphatic rings. The lowest BCUT2D eigenvalue weighted by atomic mass is 10.1. The van der Waals surface area contributed by atoms with Crippen molar-refractivity contribution in [3.63, 3.8) is 0 Å². The number of para-hydroxylation sites is 1. The minimum Gasteiger partial charge on any atom is -0.352 e. The van der Waals surface area contributed by atoms with Crippen LogP contribution in [0.2, 0.25) is 0 Å². The van der Waals surface area contributed by atoms with Crippen molar-refractivity contribution in [3.05, 3.63) is 90.5 Å². The maximum atomic E-state index is 12.9. The van der Waals surface area contributed by atoms with E-state index >= 15 is 0 Å². The van der Waals surface area contributed by atoms with Gasteiger partial charge in [0.25, 0.3) is 5.91 Å². The molecule has 0 aliphatic heterocycles. The number of aryl methyl sites for hydroxylation is 1. The Morgan fingerprint density at radius 2 is 1.46 bits per heavy atom. The lowest BCUT2D eigenvalue weighted by Gasteiger charge is -2.10. The van der Waals surface area contributed by atoms with Crippen molar-refractivity contribution in [2.24, 2.45) is 0 Å². The van der Waals surface area contributed by atoms with Crippen molar-refractivity contribution in [1.29, 1.82) is 0 Å². The number of fused-ring (bicyclic) bond motifs is 4. The van der Waals surface area contributed by atoms with Crippen LogP contribution in [0.4, 0.5) is 0 Å². The molecule has 1 heterocycles. The highest BCUT2D eigenvalue weighted by atomic mass is 32.2. The van der Waals surface area contributed by atoms with Crippen LogP contribution in [-0.2, 0) is 16.6 Å². The summed E-state index contributed by atoms with van der Waals surface area (Å²) in [6.45, 7) is 4.06. The van der Waals surface area contributed by atoms with Crippen molar-refractivity contribution in [2.45, 2.75) is 50.5 Å². The number of hydrogen-bond donors (Lipinski definition) is 2. The first kappa shape index (κ1) is 26.9. The molecule has 5 rings (SSSR count). The maximum absolute atomic E-state index is 12.9. The number of nitrogens with zero attached hydrogens (tertiary/aromatic N) is 1. The van der Waals surface area contributed by atoms with Crippen LogP contribution >= 0.6 is 0 Å². The summed E-state index contributed by atoms with van der Waals surface area (Å²) in [5, 5.41) is 6.92. The molecule has 0 aliphatic carbocycles.